The number of hydrogen-bond donors (Lipinski definition) is 2. The second-order valence-electron chi connectivity index (χ2n) is 7.58. The fraction of sp³-hybridized carbons (Fsp3) is 0.318. The summed E-state index contributed by atoms with van der Waals surface area (Å²) < 4.78 is 0. The van der Waals surface area contributed by atoms with Crippen molar-refractivity contribution in [3.63, 3.8) is 0 Å². The lowest BCUT2D eigenvalue weighted by molar-refractivity contribution is -0.140. The smallest absolute Gasteiger partial charge is 0.265 e. The van der Waals surface area contributed by atoms with E-state index >= 15 is 0 Å². The predicted molar refractivity (Wildman–Crippen MR) is 106 cm³/mol. The maximum absolute atomic E-state index is 12.8. The van der Waals surface area contributed by atoms with Crippen LogP contribution in [0.25, 0.3) is 0 Å². The Morgan fingerprint density at radius 1 is 1.04 bits per heavy atom. The second kappa shape index (κ2) is 7.11. The Balaban J connectivity index is 1.39. The van der Waals surface area contributed by atoms with Gasteiger partial charge in [-0.25, -0.2) is 0 Å². The Labute approximate surface area is 163 Å². The number of oxime groups is 1. The fourth-order valence-electron chi connectivity index (χ4n) is 3.76. The molecule has 6 heteroatoms. The van der Waals surface area contributed by atoms with Gasteiger partial charge in [0.25, 0.3) is 5.91 Å². The quantitative estimate of drug-likeness (QED) is 0.773. The van der Waals surface area contributed by atoms with Gasteiger partial charge in [0.1, 0.15) is 0 Å². The van der Waals surface area contributed by atoms with Crippen LogP contribution in [0.15, 0.2) is 65.8 Å². The summed E-state index contributed by atoms with van der Waals surface area (Å²) in [5.41, 5.74) is 6.59. The Morgan fingerprint density at radius 3 is 2.29 bits per heavy atom. The summed E-state index contributed by atoms with van der Waals surface area (Å²) in [7, 11) is 0. The third-order valence-electron chi connectivity index (χ3n) is 5.58. The van der Waals surface area contributed by atoms with Crippen LogP contribution in [0.3, 0.4) is 0 Å². The van der Waals surface area contributed by atoms with Crippen molar-refractivity contribution in [2.45, 2.75) is 36.7 Å². The molecule has 1 aliphatic heterocycles. The molecule has 2 aromatic rings. The minimum atomic E-state index is -1.20. The summed E-state index contributed by atoms with van der Waals surface area (Å²) in [5, 5.41) is 7.02. The number of carbonyl (C=O) groups excluding carboxylic acids is 2. The van der Waals surface area contributed by atoms with Crippen LogP contribution < -0.4 is 11.1 Å². The van der Waals surface area contributed by atoms with Crippen molar-refractivity contribution in [2.75, 3.05) is 6.54 Å². The number of primary amides is 1. The van der Waals surface area contributed by atoms with Gasteiger partial charge in [-0.15, -0.1) is 0 Å². The molecule has 1 saturated carbocycles. The minimum absolute atomic E-state index is 0.0129. The van der Waals surface area contributed by atoms with E-state index in [2.05, 4.69) is 10.5 Å². The lowest BCUT2D eigenvalue weighted by Gasteiger charge is -2.23. The molecular weight excluding hydrogens is 354 g/mol. The largest absolute Gasteiger partial charge is 0.378 e. The molecule has 3 N–H and O–H groups in total. The van der Waals surface area contributed by atoms with E-state index in [4.69, 9.17) is 10.6 Å². The standard InChI is InChI=1S/C22H23N3O3/c23-19(26)22(13-16-7-3-1-4-8-16)14-18(25-28-22)15-24-20(27)21(11-12-21)17-9-5-2-6-10-17/h1-10H,11-15H2,(H2,23,26)(H,24,27). The molecule has 0 spiro atoms. The van der Waals surface area contributed by atoms with Crippen LogP contribution in [0, 0.1) is 0 Å². The van der Waals surface area contributed by atoms with Crippen molar-refractivity contribution in [2.24, 2.45) is 10.9 Å². The van der Waals surface area contributed by atoms with E-state index in [1.165, 1.54) is 0 Å². The molecule has 144 valence electrons. The normalized spacial score (nSPS) is 22.1. The summed E-state index contributed by atoms with van der Waals surface area (Å²) in [5.74, 6) is -0.564. The highest BCUT2D eigenvalue weighted by Crippen LogP contribution is 2.48. The molecule has 2 aromatic carbocycles. The molecule has 28 heavy (non-hydrogen) atoms. The van der Waals surface area contributed by atoms with E-state index in [1.807, 2.05) is 60.7 Å². The van der Waals surface area contributed by atoms with Crippen LogP contribution in [-0.4, -0.2) is 29.7 Å². The Morgan fingerprint density at radius 2 is 1.68 bits per heavy atom. The van der Waals surface area contributed by atoms with Crippen LogP contribution in [0.2, 0.25) is 0 Å². The van der Waals surface area contributed by atoms with Crippen molar-refractivity contribution in [3.8, 4) is 0 Å². The van der Waals surface area contributed by atoms with Gasteiger partial charge in [-0.05, 0) is 24.0 Å². The maximum atomic E-state index is 12.8. The highest BCUT2D eigenvalue weighted by atomic mass is 16.7. The third kappa shape index (κ3) is 3.38. The first-order valence-corrected chi connectivity index (χ1v) is 9.46. The molecule has 1 heterocycles. The van der Waals surface area contributed by atoms with Crippen LogP contribution in [-0.2, 0) is 26.3 Å². The number of carbonyl (C=O) groups is 2. The van der Waals surface area contributed by atoms with Crippen LogP contribution in [0.5, 0.6) is 0 Å². The van der Waals surface area contributed by atoms with Crippen molar-refractivity contribution in [3.05, 3.63) is 71.8 Å². The molecule has 2 aliphatic rings. The molecule has 4 rings (SSSR count). The molecule has 2 amide bonds. The number of rotatable bonds is 7. The van der Waals surface area contributed by atoms with E-state index in [-0.39, 0.29) is 18.9 Å². The Bertz CT molecular complexity index is 907. The number of hydrogen-bond acceptors (Lipinski definition) is 4. The molecule has 0 aromatic heterocycles. The van der Waals surface area contributed by atoms with Gasteiger partial charge in [0.2, 0.25) is 11.5 Å². The molecule has 0 saturated heterocycles. The topological polar surface area (TPSA) is 93.8 Å². The number of nitrogens with two attached hydrogens (primary N) is 1. The minimum Gasteiger partial charge on any atom is -0.378 e. The molecule has 6 nitrogen and oxygen atoms in total. The average Bonchev–Trinajstić information content (AvgIpc) is 3.43. The molecule has 0 bridgehead atoms. The summed E-state index contributed by atoms with van der Waals surface area (Å²) in [6.45, 7) is 0.247. The van der Waals surface area contributed by atoms with Gasteiger partial charge in [-0.1, -0.05) is 65.8 Å². The molecule has 0 radical (unpaired) electrons. The highest BCUT2D eigenvalue weighted by Gasteiger charge is 2.51. The third-order valence-corrected chi connectivity index (χ3v) is 5.58. The second-order valence-corrected chi connectivity index (χ2v) is 7.58. The van der Waals surface area contributed by atoms with Gasteiger partial charge < -0.3 is 15.9 Å². The Hall–Kier alpha value is -3.15. The molecule has 1 fully saturated rings. The van der Waals surface area contributed by atoms with Gasteiger partial charge in [-0.2, -0.15) is 0 Å². The van der Waals surface area contributed by atoms with Gasteiger partial charge in [-0.3, -0.25) is 9.59 Å². The SMILES string of the molecule is NC(=O)C1(Cc2ccccc2)CC(CNC(=O)C2(c3ccccc3)CC2)=NO1. The molecule has 1 aliphatic carbocycles. The van der Waals surface area contributed by atoms with Crippen molar-refractivity contribution >= 4 is 17.5 Å². The van der Waals surface area contributed by atoms with Crippen LogP contribution in [0.1, 0.15) is 30.4 Å². The fourth-order valence-corrected chi connectivity index (χ4v) is 3.76. The van der Waals surface area contributed by atoms with Crippen molar-refractivity contribution in [1.82, 2.24) is 5.32 Å². The number of nitrogens with one attached hydrogen (secondary N) is 1. The first-order chi connectivity index (χ1) is 13.5. The summed E-state index contributed by atoms with van der Waals surface area (Å²) in [6, 6.07) is 19.4. The maximum Gasteiger partial charge on any atom is 0.265 e. The van der Waals surface area contributed by atoms with E-state index in [0.29, 0.717) is 12.1 Å². The number of benzene rings is 2. The lowest BCUT2D eigenvalue weighted by atomic mass is 9.89. The van der Waals surface area contributed by atoms with E-state index < -0.39 is 16.9 Å². The number of amides is 2. The van der Waals surface area contributed by atoms with Crippen molar-refractivity contribution < 1.29 is 14.4 Å². The Kier molecular flexibility index (Phi) is 4.63. The van der Waals surface area contributed by atoms with Crippen molar-refractivity contribution in [1.29, 1.82) is 0 Å². The number of nitrogens with zero attached hydrogens (tertiary/aromatic N) is 1. The van der Waals surface area contributed by atoms with Gasteiger partial charge in [0.15, 0.2) is 0 Å². The van der Waals surface area contributed by atoms with E-state index in [1.54, 1.807) is 0 Å². The van der Waals surface area contributed by atoms with Crippen LogP contribution >= 0.6 is 0 Å². The first kappa shape index (κ1) is 18.2. The van der Waals surface area contributed by atoms with Crippen LogP contribution in [0.4, 0.5) is 0 Å². The summed E-state index contributed by atoms with van der Waals surface area (Å²) in [4.78, 5) is 30.4. The zero-order chi connectivity index (χ0) is 19.6. The molecule has 1 unspecified atom stereocenters. The summed E-state index contributed by atoms with van der Waals surface area (Å²) >= 11 is 0. The van der Waals surface area contributed by atoms with E-state index in [9.17, 15) is 9.59 Å². The highest BCUT2D eigenvalue weighted by molar-refractivity contribution is 5.99. The zero-order valence-corrected chi connectivity index (χ0v) is 15.6. The van der Waals surface area contributed by atoms with Gasteiger partial charge in [0, 0.05) is 12.8 Å². The zero-order valence-electron chi connectivity index (χ0n) is 15.6. The average molecular weight is 377 g/mol. The van der Waals surface area contributed by atoms with E-state index in [0.717, 1.165) is 24.0 Å². The monoisotopic (exact) mass is 377 g/mol. The van der Waals surface area contributed by atoms with Gasteiger partial charge >= 0.3 is 0 Å². The lowest BCUT2D eigenvalue weighted by Crippen LogP contribution is -2.47. The van der Waals surface area contributed by atoms with Gasteiger partial charge in [0.05, 0.1) is 17.7 Å². The molecule has 1 atom stereocenters. The molecular formula is C22H23N3O3. The first-order valence-electron chi connectivity index (χ1n) is 9.46. The predicted octanol–water partition coefficient (Wildman–Crippen LogP) is 2.08. The summed E-state index contributed by atoms with van der Waals surface area (Å²) in [6.07, 6.45) is 2.30.